The Morgan fingerprint density at radius 1 is 1.25 bits per heavy atom. The van der Waals surface area contributed by atoms with E-state index in [0.717, 1.165) is 16.8 Å². The summed E-state index contributed by atoms with van der Waals surface area (Å²) in [6.45, 7) is 1.96. The molecule has 0 fully saturated rings. The summed E-state index contributed by atoms with van der Waals surface area (Å²) in [6, 6.07) is 11.4. The summed E-state index contributed by atoms with van der Waals surface area (Å²) in [5.41, 5.74) is 8.66. The fourth-order valence-corrected chi connectivity index (χ4v) is 2.06. The van der Waals surface area contributed by atoms with Crippen LogP contribution < -0.4 is 11.1 Å². The Labute approximate surface area is 119 Å². The minimum Gasteiger partial charge on any atom is -0.399 e. The van der Waals surface area contributed by atoms with Crippen molar-refractivity contribution in [3.8, 4) is 0 Å². The van der Waals surface area contributed by atoms with E-state index < -0.39 is 0 Å². The molecule has 0 saturated heterocycles. The van der Waals surface area contributed by atoms with E-state index in [1.807, 2.05) is 43.3 Å². The summed E-state index contributed by atoms with van der Waals surface area (Å²) in [7, 11) is 0. The molecule has 0 aliphatic carbocycles. The normalized spacial score (nSPS) is 11.8. The first-order valence-corrected chi connectivity index (χ1v) is 6.69. The zero-order valence-electron chi connectivity index (χ0n) is 11.5. The largest absolute Gasteiger partial charge is 0.399 e. The van der Waals surface area contributed by atoms with Crippen LogP contribution in [0.3, 0.4) is 0 Å². The molecule has 104 valence electrons. The van der Waals surface area contributed by atoms with Crippen molar-refractivity contribution in [1.82, 2.24) is 10.3 Å². The second kappa shape index (κ2) is 6.70. The summed E-state index contributed by atoms with van der Waals surface area (Å²) in [6.07, 6.45) is 4.54. The molecule has 0 aliphatic rings. The molecule has 1 amide bonds. The van der Waals surface area contributed by atoms with Crippen molar-refractivity contribution in [2.75, 3.05) is 5.73 Å². The van der Waals surface area contributed by atoms with Crippen molar-refractivity contribution in [3.05, 3.63) is 59.9 Å². The third kappa shape index (κ3) is 3.82. The van der Waals surface area contributed by atoms with E-state index in [2.05, 4.69) is 10.3 Å². The third-order valence-corrected chi connectivity index (χ3v) is 3.26. The van der Waals surface area contributed by atoms with E-state index in [4.69, 9.17) is 5.73 Å². The number of para-hydroxylation sites is 1. The lowest BCUT2D eigenvalue weighted by molar-refractivity contribution is -0.121. The highest BCUT2D eigenvalue weighted by atomic mass is 16.1. The van der Waals surface area contributed by atoms with Crippen LogP contribution in [0, 0.1) is 0 Å². The predicted octanol–water partition coefficient (Wildman–Crippen LogP) is 2.47. The quantitative estimate of drug-likeness (QED) is 0.819. The van der Waals surface area contributed by atoms with Crippen molar-refractivity contribution in [2.45, 2.75) is 25.8 Å². The van der Waals surface area contributed by atoms with Gasteiger partial charge in [0, 0.05) is 24.5 Å². The lowest BCUT2D eigenvalue weighted by atomic mass is 10.1. The van der Waals surface area contributed by atoms with Gasteiger partial charge in [0.15, 0.2) is 0 Å². The smallest absolute Gasteiger partial charge is 0.220 e. The molecule has 4 nitrogen and oxygen atoms in total. The zero-order chi connectivity index (χ0) is 14.4. The van der Waals surface area contributed by atoms with Gasteiger partial charge in [-0.15, -0.1) is 0 Å². The fourth-order valence-electron chi connectivity index (χ4n) is 2.06. The van der Waals surface area contributed by atoms with E-state index >= 15 is 0 Å². The summed E-state index contributed by atoms with van der Waals surface area (Å²) >= 11 is 0. The second-order valence-corrected chi connectivity index (χ2v) is 4.77. The molecular formula is C16H19N3O. The van der Waals surface area contributed by atoms with Crippen LogP contribution in [0.15, 0.2) is 48.8 Å². The van der Waals surface area contributed by atoms with Gasteiger partial charge in [-0.25, -0.2) is 0 Å². The number of hydrogen-bond acceptors (Lipinski definition) is 3. The molecule has 1 heterocycles. The number of anilines is 1. The number of aryl methyl sites for hydroxylation is 1. The van der Waals surface area contributed by atoms with Crippen LogP contribution in [0.1, 0.15) is 30.5 Å². The van der Waals surface area contributed by atoms with Crippen molar-refractivity contribution in [1.29, 1.82) is 0 Å². The van der Waals surface area contributed by atoms with Crippen LogP contribution in [0.2, 0.25) is 0 Å². The maximum absolute atomic E-state index is 11.9. The summed E-state index contributed by atoms with van der Waals surface area (Å²) in [4.78, 5) is 15.9. The van der Waals surface area contributed by atoms with Gasteiger partial charge in [-0.2, -0.15) is 0 Å². The van der Waals surface area contributed by atoms with Gasteiger partial charge in [-0.05, 0) is 42.7 Å². The number of benzene rings is 1. The van der Waals surface area contributed by atoms with Gasteiger partial charge in [0.25, 0.3) is 0 Å². The molecule has 20 heavy (non-hydrogen) atoms. The Morgan fingerprint density at radius 3 is 2.65 bits per heavy atom. The van der Waals surface area contributed by atoms with Gasteiger partial charge in [0.2, 0.25) is 5.91 Å². The third-order valence-electron chi connectivity index (χ3n) is 3.26. The molecule has 0 saturated carbocycles. The monoisotopic (exact) mass is 269 g/mol. The second-order valence-electron chi connectivity index (χ2n) is 4.77. The Hall–Kier alpha value is -2.36. The van der Waals surface area contributed by atoms with Gasteiger partial charge >= 0.3 is 0 Å². The van der Waals surface area contributed by atoms with Crippen LogP contribution in [0.25, 0.3) is 0 Å². The number of aromatic nitrogens is 1. The zero-order valence-corrected chi connectivity index (χ0v) is 11.5. The number of nitrogens with one attached hydrogen (secondary N) is 1. The van der Waals surface area contributed by atoms with Crippen molar-refractivity contribution < 1.29 is 4.79 Å². The van der Waals surface area contributed by atoms with Crippen LogP contribution in [0.4, 0.5) is 5.69 Å². The molecule has 0 spiro atoms. The number of carbonyl (C=O) groups is 1. The first kappa shape index (κ1) is 14.1. The maximum Gasteiger partial charge on any atom is 0.220 e. The van der Waals surface area contributed by atoms with Crippen molar-refractivity contribution in [2.24, 2.45) is 0 Å². The standard InChI is InChI=1S/C16H19N3O/c1-12(13-8-10-18-11-9-13)19-16(20)7-6-14-4-2-3-5-15(14)17/h2-5,8-12H,6-7,17H2,1H3,(H,19,20)/t12-/m1/s1. The van der Waals surface area contributed by atoms with Crippen LogP contribution in [0.5, 0.6) is 0 Å². The number of nitrogens with zero attached hydrogens (tertiary/aromatic N) is 1. The number of pyridine rings is 1. The molecule has 2 rings (SSSR count). The maximum atomic E-state index is 11.9. The lowest BCUT2D eigenvalue weighted by Crippen LogP contribution is -2.26. The predicted molar refractivity (Wildman–Crippen MR) is 80.0 cm³/mol. The van der Waals surface area contributed by atoms with Crippen LogP contribution in [-0.2, 0) is 11.2 Å². The van der Waals surface area contributed by atoms with E-state index in [0.29, 0.717) is 12.8 Å². The minimum atomic E-state index is -0.0152. The first-order valence-electron chi connectivity index (χ1n) is 6.69. The fraction of sp³-hybridized carbons (Fsp3) is 0.250. The summed E-state index contributed by atoms with van der Waals surface area (Å²) < 4.78 is 0. The average Bonchev–Trinajstić information content (AvgIpc) is 2.47. The lowest BCUT2D eigenvalue weighted by Gasteiger charge is -2.14. The highest BCUT2D eigenvalue weighted by Crippen LogP contribution is 2.14. The number of hydrogen-bond donors (Lipinski definition) is 2. The number of rotatable bonds is 5. The summed E-state index contributed by atoms with van der Waals surface area (Å²) in [5.74, 6) is 0.0255. The van der Waals surface area contributed by atoms with Gasteiger partial charge < -0.3 is 11.1 Å². The molecule has 4 heteroatoms. The molecule has 0 radical (unpaired) electrons. The van der Waals surface area contributed by atoms with Gasteiger partial charge in [0.05, 0.1) is 6.04 Å². The topological polar surface area (TPSA) is 68.0 Å². The molecule has 0 bridgehead atoms. The Balaban J connectivity index is 1.86. The molecule has 0 aliphatic heterocycles. The van der Waals surface area contributed by atoms with E-state index in [9.17, 15) is 4.79 Å². The minimum absolute atomic E-state index is 0.0152. The molecule has 3 N–H and O–H groups in total. The molecule has 1 atom stereocenters. The molecule has 1 aromatic carbocycles. The SMILES string of the molecule is C[C@@H](NC(=O)CCc1ccccc1N)c1ccncc1. The van der Waals surface area contributed by atoms with Crippen molar-refractivity contribution in [3.63, 3.8) is 0 Å². The first-order chi connectivity index (χ1) is 9.66. The Morgan fingerprint density at radius 2 is 1.95 bits per heavy atom. The number of amides is 1. The molecule has 1 aromatic heterocycles. The number of carbonyl (C=O) groups excluding carboxylic acids is 1. The van der Waals surface area contributed by atoms with Crippen molar-refractivity contribution >= 4 is 11.6 Å². The average molecular weight is 269 g/mol. The highest BCUT2D eigenvalue weighted by Gasteiger charge is 2.09. The molecule has 0 unspecified atom stereocenters. The van der Waals surface area contributed by atoms with Gasteiger partial charge in [0.1, 0.15) is 0 Å². The van der Waals surface area contributed by atoms with Gasteiger partial charge in [-0.1, -0.05) is 18.2 Å². The van der Waals surface area contributed by atoms with E-state index in [1.165, 1.54) is 0 Å². The van der Waals surface area contributed by atoms with E-state index in [-0.39, 0.29) is 11.9 Å². The number of nitrogen functional groups attached to an aromatic ring is 1. The summed E-state index contributed by atoms with van der Waals surface area (Å²) in [5, 5.41) is 2.98. The van der Waals surface area contributed by atoms with Gasteiger partial charge in [-0.3, -0.25) is 9.78 Å². The highest BCUT2D eigenvalue weighted by molar-refractivity contribution is 5.76. The number of nitrogens with two attached hydrogens (primary N) is 1. The van der Waals surface area contributed by atoms with E-state index in [1.54, 1.807) is 12.4 Å². The molecule has 2 aromatic rings. The molecular weight excluding hydrogens is 250 g/mol. The van der Waals surface area contributed by atoms with Crippen LogP contribution >= 0.6 is 0 Å². The van der Waals surface area contributed by atoms with Crippen LogP contribution in [-0.4, -0.2) is 10.9 Å². The Kier molecular flexibility index (Phi) is 4.71. The Bertz CT molecular complexity index is 569.